The van der Waals surface area contributed by atoms with Gasteiger partial charge < -0.3 is 4.74 Å². The molecule has 1 N–H and O–H groups in total. The Balaban J connectivity index is 1.97. The molecule has 0 aliphatic carbocycles. The molecule has 0 aliphatic rings. The number of carbonyl (C=O) groups is 1. The van der Waals surface area contributed by atoms with Gasteiger partial charge in [-0.1, -0.05) is 24.3 Å². The lowest BCUT2D eigenvalue weighted by atomic mass is 10.2. The van der Waals surface area contributed by atoms with E-state index in [1.807, 2.05) is 0 Å². The number of ether oxygens (including phenoxy) is 1. The van der Waals surface area contributed by atoms with Crippen molar-refractivity contribution >= 4 is 15.8 Å². The van der Waals surface area contributed by atoms with Crippen molar-refractivity contribution in [1.82, 2.24) is 4.72 Å². The first kappa shape index (κ1) is 19.9. The van der Waals surface area contributed by atoms with Gasteiger partial charge in [-0.2, -0.15) is 13.2 Å². The molecule has 2 aromatic rings. The average molecular weight is 387 g/mol. The summed E-state index contributed by atoms with van der Waals surface area (Å²) in [6.45, 7) is -0.0601. The number of halogens is 3. The van der Waals surface area contributed by atoms with E-state index in [0.29, 0.717) is 11.1 Å². The molecule has 26 heavy (non-hydrogen) atoms. The highest BCUT2D eigenvalue weighted by Crippen LogP contribution is 2.19. The molecule has 0 aromatic heterocycles. The van der Waals surface area contributed by atoms with E-state index in [4.69, 9.17) is 0 Å². The molecule has 0 fully saturated rings. The molecule has 0 heterocycles. The zero-order valence-corrected chi connectivity index (χ0v) is 14.5. The van der Waals surface area contributed by atoms with Gasteiger partial charge >= 0.3 is 6.18 Å². The SMILES string of the molecule is CC(=O)c1ccc(S(=O)(=O)NCc2ccc(OCC(F)(F)F)cc2)cc1. The van der Waals surface area contributed by atoms with E-state index in [9.17, 15) is 26.4 Å². The molecule has 0 spiro atoms. The number of hydrogen-bond donors (Lipinski definition) is 1. The number of Topliss-reactive ketones (excluding diaryl/α,β-unsaturated/α-hetero) is 1. The first-order chi connectivity index (χ1) is 12.1. The predicted molar refractivity (Wildman–Crippen MR) is 88.5 cm³/mol. The molecule has 0 atom stereocenters. The third-order valence-electron chi connectivity index (χ3n) is 3.36. The maximum Gasteiger partial charge on any atom is 0.422 e. The zero-order chi connectivity index (χ0) is 19.4. The van der Waals surface area contributed by atoms with Crippen molar-refractivity contribution < 1.29 is 31.1 Å². The second-order valence-electron chi connectivity index (χ2n) is 5.45. The molecule has 0 saturated carbocycles. The van der Waals surface area contributed by atoms with Gasteiger partial charge in [0.1, 0.15) is 5.75 Å². The van der Waals surface area contributed by atoms with E-state index in [1.54, 1.807) is 0 Å². The Morgan fingerprint density at radius 3 is 2.12 bits per heavy atom. The zero-order valence-electron chi connectivity index (χ0n) is 13.7. The molecule has 5 nitrogen and oxygen atoms in total. The van der Waals surface area contributed by atoms with E-state index in [-0.39, 0.29) is 23.0 Å². The Kier molecular flexibility index (Phi) is 6.04. The quantitative estimate of drug-likeness (QED) is 0.740. The highest BCUT2D eigenvalue weighted by atomic mass is 32.2. The summed E-state index contributed by atoms with van der Waals surface area (Å²) >= 11 is 0. The molecule has 0 radical (unpaired) electrons. The Morgan fingerprint density at radius 1 is 1.04 bits per heavy atom. The lowest BCUT2D eigenvalue weighted by Gasteiger charge is -2.10. The molecule has 0 bridgehead atoms. The van der Waals surface area contributed by atoms with Gasteiger partial charge in [0.2, 0.25) is 10.0 Å². The lowest BCUT2D eigenvalue weighted by molar-refractivity contribution is -0.153. The second kappa shape index (κ2) is 7.88. The summed E-state index contributed by atoms with van der Waals surface area (Å²) in [6, 6.07) is 11.1. The molecule has 140 valence electrons. The summed E-state index contributed by atoms with van der Waals surface area (Å²) in [5.74, 6) is -0.136. The normalized spacial score (nSPS) is 12.0. The third-order valence-corrected chi connectivity index (χ3v) is 4.78. The predicted octanol–water partition coefficient (Wildman–Crippen LogP) is 3.31. The maximum absolute atomic E-state index is 12.2. The van der Waals surface area contributed by atoms with E-state index in [2.05, 4.69) is 9.46 Å². The monoisotopic (exact) mass is 387 g/mol. The van der Waals surface area contributed by atoms with Crippen LogP contribution in [-0.2, 0) is 16.6 Å². The van der Waals surface area contributed by atoms with Crippen LogP contribution in [-0.4, -0.2) is 27.0 Å². The number of nitrogens with one attached hydrogen (secondary N) is 1. The number of sulfonamides is 1. The fraction of sp³-hybridized carbons (Fsp3) is 0.235. The number of rotatable bonds is 7. The van der Waals surface area contributed by atoms with Crippen molar-refractivity contribution in [2.45, 2.75) is 24.5 Å². The highest BCUT2D eigenvalue weighted by molar-refractivity contribution is 7.89. The van der Waals surface area contributed by atoms with Crippen LogP contribution in [0.2, 0.25) is 0 Å². The number of hydrogen-bond acceptors (Lipinski definition) is 4. The lowest BCUT2D eigenvalue weighted by Crippen LogP contribution is -2.23. The number of benzene rings is 2. The number of carbonyl (C=O) groups excluding carboxylic acids is 1. The topological polar surface area (TPSA) is 72.5 Å². The van der Waals surface area contributed by atoms with Gasteiger partial charge in [0.25, 0.3) is 0 Å². The van der Waals surface area contributed by atoms with Crippen molar-refractivity contribution in [3.8, 4) is 5.75 Å². The van der Waals surface area contributed by atoms with Gasteiger partial charge in [0.15, 0.2) is 12.4 Å². The van der Waals surface area contributed by atoms with Crippen molar-refractivity contribution in [2.24, 2.45) is 0 Å². The molecule has 2 rings (SSSR count). The van der Waals surface area contributed by atoms with Crippen LogP contribution in [0.25, 0.3) is 0 Å². The summed E-state index contributed by atoms with van der Waals surface area (Å²) in [7, 11) is -3.78. The minimum Gasteiger partial charge on any atom is -0.484 e. The third kappa shape index (κ3) is 5.85. The largest absolute Gasteiger partial charge is 0.484 e. The fourth-order valence-corrected chi connectivity index (χ4v) is 3.02. The first-order valence-corrected chi connectivity index (χ1v) is 8.94. The molecule has 0 amide bonds. The Hall–Kier alpha value is -2.39. The van der Waals surface area contributed by atoms with Crippen LogP contribution in [0.1, 0.15) is 22.8 Å². The van der Waals surface area contributed by atoms with Crippen LogP contribution < -0.4 is 9.46 Å². The van der Waals surface area contributed by atoms with Crippen LogP contribution >= 0.6 is 0 Å². The van der Waals surface area contributed by atoms with Crippen LogP contribution in [0.4, 0.5) is 13.2 Å². The van der Waals surface area contributed by atoms with Gasteiger partial charge in [-0.3, -0.25) is 4.79 Å². The van der Waals surface area contributed by atoms with Crippen LogP contribution in [0.5, 0.6) is 5.75 Å². The summed E-state index contributed by atoms with van der Waals surface area (Å²) in [5, 5.41) is 0. The first-order valence-electron chi connectivity index (χ1n) is 7.46. The van der Waals surface area contributed by atoms with Gasteiger partial charge in [0, 0.05) is 12.1 Å². The minimum atomic E-state index is -4.42. The smallest absolute Gasteiger partial charge is 0.422 e. The summed E-state index contributed by atoms with van der Waals surface area (Å²) in [4.78, 5) is 11.2. The summed E-state index contributed by atoms with van der Waals surface area (Å²) < 4.78 is 67.7. The van der Waals surface area contributed by atoms with E-state index < -0.39 is 22.8 Å². The summed E-state index contributed by atoms with van der Waals surface area (Å²) in [5.41, 5.74) is 0.951. The Labute approximate surface area is 148 Å². The molecule has 0 unspecified atom stereocenters. The van der Waals surface area contributed by atoms with Gasteiger partial charge in [-0.25, -0.2) is 13.1 Å². The second-order valence-corrected chi connectivity index (χ2v) is 7.22. The van der Waals surface area contributed by atoms with E-state index >= 15 is 0 Å². The Morgan fingerprint density at radius 2 is 1.62 bits per heavy atom. The van der Waals surface area contributed by atoms with Crippen LogP contribution in [0.3, 0.4) is 0 Å². The molecule has 0 saturated heterocycles. The van der Waals surface area contributed by atoms with Gasteiger partial charge in [0.05, 0.1) is 4.90 Å². The van der Waals surface area contributed by atoms with Gasteiger partial charge in [-0.05, 0) is 36.8 Å². The Bertz CT molecular complexity index is 860. The molecule has 9 heteroatoms. The van der Waals surface area contributed by atoms with Crippen molar-refractivity contribution in [1.29, 1.82) is 0 Å². The minimum absolute atomic E-state index is 0.00707. The van der Waals surface area contributed by atoms with Crippen molar-refractivity contribution in [3.63, 3.8) is 0 Å². The van der Waals surface area contributed by atoms with Crippen molar-refractivity contribution in [3.05, 3.63) is 59.7 Å². The fourth-order valence-electron chi connectivity index (χ4n) is 2.00. The highest BCUT2D eigenvalue weighted by Gasteiger charge is 2.28. The maximum atomic E-state index is 12.2. The van der Waals surface area contributed by atoms with Crippen molar-refractivity contribution in [2.75, 3.05) is 6.61 Å². The standard InChI is InChI=1S/C17H16F3NO4S/c1-12(22)14-4-8-16(9-5-14)26(23,24)21-10-13-2-6-15(7-3-13)25-11-17(18,19)20/h2-9,21H,10-11H2,1H3. The average Bonchev–Trinajstić information content (AvgIpc) is 2.58. The molecule has 0 aliphatic heterocycles. The van der Waals surface area contributed by atoms with Crippen LogP contribution in [0.15, 0.2) is 53.4 Å². The van der Waals surface area contributed by atoms with Gasteiger partial charge in [-0.15, -0.1) is 0 Å². The number of ketones is 1. The van der Waals surface area contributed by atoms with Crippen LogP contribution in [0, 0.1) is 0 Å². The number of alkyl halides is 3. The molecule has 2 aromatic carbocycles. The summed E-state index contributed by atoms with van der Waals surface area (Å²) in [6.07, 6.45) is -4.42. The molecular formula is C17H16F3NO4S. The molecular weight excluding hydrogens is 371 g/mol. The van der Waals surface area contributed by atoms with E-state index in [0.717, 1.165) is 0 Å². The van der Waals surface area contributed by atoms with E-state index in [1.165, 1.54) is 55.5 Å².